The first kappa shape index (κ1) is 29.8. The smallest absolute Gasteiger partial charge is 0.192 e. The molecule has 0 radical (unpaired) electrons. The first-order valence-corrected chi connectivity index (χ1v) is 17.6. The summed E-state index contributed by atoms with van der Waals surface area (Å²) in [5, 5.41) is 11.9. The van der Waals surface area contributed by atoms with Gasteiger partial charge in [0.1, 0.15) is 6.10 Å². The number of hydrogen-bond acceptors (Lipinski definition) is 3. The highest BCUT2D eigenvalue weighted by Crippen LogP contribution is 2.50. The van der Waals surface area contributed by atoms with E-state index in [0.717, 1.165) is 45.3 Å². The van der Waals surface area contributed by atoms with Gasteiger partial charge < -0.3 is 9.53 Å². The van der Waals surface area contributed by atoms with Crippen LogP contribution in [0.5, 0.6) is 0 Å². The van der Waals surface area contributed by atoms with E-state index >= 15 is 0 Å². The molecule has 0 bridgehead atoms. The van der Waals surface area contributed by atoms with E-state index < -0.39 is 14.4 Å². The van der Waals surface area contributed by atoms with Gasteiger partial charge >= 0.3 is 0 Å². The summed E-state index contributed by atoms with van der Waals surface area (Å²) in [5.41, 5.74) is 6.72. The summed E-state index contributed by atoms with van der Waals surface area (Å²) in [6, 6.07) is 8.51. The van der Waals surface area contributed by atoms with Crippen LogP contribution in [0.2, 0.25) is 18.1 Å². The highest BCUT2D eigenvalue weighted by molar-refractivity contribution is 14.1. The van der Waals surface area contributed by atoms with Gasteiger partial charge in [0.05, 0.1) is 11.8 Å². The van der Waals surface area contributed by atoms with Crippen molar-refractivity contribution >= 4 is 30.9 Å². The van der Waals surface area contributed by atoms with Gasteiger partial charge in [0, 0.05) is 20.4 Å². The number of nitrogens with zero attached hydrogens (tertiary/aromatic N) is 1. The Balaban J connectivity index is 2.14. The SMILES string of the molecule is CC(C)Cc1ccc([C@H](O)c2c(C(C)C)nc3c(c2I)[C@@H](O[Si](C)(C)C(C)(C)C)CC(C)(C)C3)cc1. The summed E-state index contributed by atoms with van der Waals surface area (Å²) in [6.07, 6.45) is 2.27. The maximum atomic E-state index is 11.8. The normalized spacial score (nSPS) is 19.0. The predicted molar refractivity (Wildman–Crippen MR) is 163 cm³/mol. The minimum Gasteiger partial charge on any atom is -0.410 e. The van der Waals surface area contributed by atoms with E-state index in [1.807, 2.05) is 0 Å². The molecule has 0 aliphatic heterocycles. The van der Waals surface area contributed by atoms with Gasteiger partial charge in [0.25, 0.3) is 0 Å². The molecule has 1 aromatic carbocycles. The molecule has 1 heterocycles. The average molecular weight is 622 g/mol. The topological polar surface area (TPSA) is 42.4 Å². The molecule has 200 valence electrons. The molecule has 3 rings (SSSR count). The quantitative estimate of drug-likeness (QED) is 0.248. The van der Waals surface area contributed by atoms with Crippen LogP contribution in [0.4, 0.5) is 0 Å². The Hall–Kier alpha value is -0.763. The zero-order chi connectivity index (χ0) is 27.2. The molecular formula is C31H48INO2Si. The molecule has 1 aliphatic rings. The molecule has 0 amide bonds. The minimum absolute atomic E-state index is 0.00428. The standard InChI is InChI=1S/C31H48INO2Si/c1-19(2)16-21-12-14-22(15-13-21)29(34)26-27(32)25-23(33-28(26)20(3)4)17-31(8,9)18-24(25)35-36(10,11)30(5,6)7/h12-15,19-20,24,29,34H,16-18H2,1-11H3/t24-,29-/m0/s1. The van der Waals surface area contributed by atoms with Crippen molar-refractivity contribution in [2.24, 2.45) is 11.3 Å². The number of hydrogen-bond donors (Lipinski definition) is 1. The lowest BCUT2D eigenvalue weighted by atomic mass is 9.74. The summed E-state index contributed by atoms with van der Waals surface area (Å²) in [7, 11) is -2.00. The van der Waals surface area contributed by atoms with Crippen LogP contribution < -0.4 is 0 Å². The second-order valence-electron chi connectivity index (χ2n) is 13.9. The van der Waals surface area contributed by atoms with Gasteiger partial charge in [0.15, 0.2) is 8.32 Å². The molecule has 1 aliphatic carbocycles. The number of aliphatic hydroxyl groups is 1. The second-order valence-corrected chi connectivity index (χ2v) is 19.7. The van der Waals surface area contributed by atoms with Gasteiger partial charge in [-0.15, -0.1) is 0 Å². The van der Waals surface area contributed by atoms with E-state index in [4.69, 9.17) is 9.41 Å². The Morgan fingerprint density at radius 1 is 1.11 bits per heavy atom. The molecule has 2 atom stereocenters. The Labute approximate surface area is 235 Å². The zero-order valence-electron chi connectivity index (χ0n) is 24.4. The maximum absolute atomic E-state index is 11.8. The maximum Gasteiger partial charge on any atom is 0.192 e. The van der Waals surface area contributed by atoms with E-state index in [-0.39, 0.29) is 22.5 Å². The molecular weight excluding hydrogens is 573 g/mol. The van der Waals surface area contributed by atoms with Crippen molar-refractivity contribution in [3.8, 4) is 0 Å². The number of benzene rings is 1. The molecule has 0 unspecified atom stereocenters. The zero-order valence-corrected chi connectivity index (χ0v) is 27.6. The fraction of sp³-hybridized carbons (Fsp3) is 0.645. The number of halogens is 1. The van der Waals surface area contributed by atoms with Crippen LogP contribution in [0, 0.1) is 14.9 Å². The van der Waals surface area contributed by atoms with Gasteiger partial charge in [-0.3, -0.25) is 4.98 Å². The molecule has 5 heteroatoms. The third-order valence-corrected chi connectivity index (χ3v) is 13.7. The molecule has 2 aromatic rings. The van der Waals surface area contributed by atoms with Crippen LogP contribution in [0.25, 0.3) is 0 Å². The predicted octanol–water partition coefficient (Wildman–Crippen LogP) is 9.13. The van der Waals surface area contributed by atoms with Crippen LogP contribution in [0.3, 0.4) is 0 Å². The molecule has 0 saturated heterocycles. The van der Waals surface area contributed by atoms with Crippen molar-refractivity contribution in [3.63, 3.8) is 0 Å². The van der Waals surface area contributed by atoms with Crippen LogP contribution >= 0.6 is 22.6 Å². The van der Waals surface area contributed by atoms with Crippen LogP contribution in [-0.4, -0.2) is 18.4 Å². The van der Waals surface area contributed by atoms with Crippen molar-refractivity contribution in [2.75, 3.05) is 0 Å². The Morgan fingerprint density at radius 3 is 2.19 bits per heavy atom. The molecule has 1 aromatic heterocycles. The van der Waals surface area contributed by atoms with Crippen molar-refractivity contribution < 1.29 is 9.53 Å². The molecule has 1 N–H and O–H groups in total. The Bertz CT molecular complexity index is 1070. The lowest BCUT2D eigenvalue weighted by Crippen LogP contribution is -2.44. The number of aromatic nitrogens is 1. The third kappa shape index (κ3) is 6.44. The van der Waals surface area contributed by atoms with E-state index in [9.17, 15) is 5.11 Å². The van der Waals surface area contributed by atoms with Crippen molar-refractivity contribution in [1.82, 2.24) is 4.98 Å². The number of aliphatic hydroxyl groups excluding tert-OH is 1. The van der Waals surface area contributed by atoms with Crippen molar-refractivity contribution in [3.05, 3.63) is 61.5 Å². The molecule has 36 heavy (non-hydrogen) atoms. The number of rotatable bonds is 7. The third-order valence-electron chi connectivity index (χ3n) is 8.02. The molecule has 3 nitrogen and oxygen atoms in total. The number of fused-ring (bicyclic) bond motifs is 1. The van der Waals surface area contributed by atoms with Crippen molar-refractivity contribution in [1.29, 1.82) is 0 Å². The van der Waals surface area contributed by atoms with E-state index in [1.54, 1.807) is 0 Å². The first-order chi connectivity index (χ1) is 16.4. The van der Waals surface area contributed by atoms with Gasteiger partial charge in [-0.2, -0.15) is 0 Å². The minimum atomic E-state index is -2.00. The fourth-order valence-corrected chi connectivity index (χ4v) is 7.54. The Morgan fingerprint density at radius 2 is 1.69 bits per heavy atom. The fourth-order valence-electron chi connectivity index (χ4n) is 5.05. The molecule has 0 fully saturated rings. The summed E-state index contributed by atoms with van der Waals surface area (Å²) in [5.74, 6) is 0.833. The summed E-state index contributed by atoms with van der Waals surface area (Å²) in [4.78, 5) is 5.29. The van der Waals surface area contributed by atoms with Gasteiger partial charge in [-0.25, -0.2) is 0 Å². The summed E-state index contributed by atoms with van der Waals surface area (Å²) < 4.78 is 8.23. The van der Waals surface area contributed by atoms with E-state index in [1.165, 1.54) is 11.1 Å². The van der Waals surface area contributed by atoms with Gasteiger partial charge in [-0.05, 0) is 88.4 Å². The average Bonchev–Trinajstić information content (AvgIpc) is 2.70. The van der Waals surface area contributed by atoms with E-state index in [0.29, 0.717) is 5.92 Å². The van der Waals surface area contributed by atoms with Crippen LogP contribution in [0.15, 0.2) is 24.3 Å². The lowest BCUT2D eigenvalue weighted by Gasteiger charge is -2.44. The van der Waals surface area contributed by atoms with Crippen LogP contribution in [0.1, 0.15) is 121 Å². The second kappa shape index (κ2) is 10.8. The number of pyridine rings is 1. The largest absolute Gasteiger partial charge is 0.410 e. The highest BCUT2D eigenvalue weighted by atomic mass is 127. The molecule has 0 saturated carbocycles. The highest BCUT2D eigenvalue weighted by Gasteiger charge is 2.44. The monoisotopic (exact) mass is 621 g/mol. The van der Waals surface area contributed by atoms with Crippen molar-refractivity contribution in [2.45, 2.75) is 118 Å². The van der Waals surface area contributed by atoms with Gasteiger partial charge in [0.2, 0.25) is 0 Å². The lowest BCUT2D eigenvalue weighted by molar-refractivity contribution is 0.104. The van der Waals surface area contributed by atoms with E-state index in [2.05, 4.69) is 122 Å². The van der Waals surface area contributed by atoms with Gasteiger partial charge in [-0.1, -0.05) is 86.6 Å². The first-order valence-electron chi connectivity index (χ1n) is 13.6. The molecule has 0 spiro atoms. The summed E-state index contributed by atoms with van der Waals surface area (Å²) in [6.45, 7) is 25.1. The van der Waals surface area contributed by atoms with Crippen LogP contribution in [-0.2, 0) is 17.3 Å². The Kier molecular flexibility index (Phi) is 8.92. The summed E-state index contributed by atoms with van der Waals surface area (Å²) >= 11 is 2.48.